The van der Waals surface area contributed by atoms with Crippen LogP contribution in [0, 0.1) is 15.4 Å². The van der Waals surface area contributed by atoms with Crippen molar-refractivity contribution in [1.29, 1.82) is 0 Å². The lowest BCUT2D eigenvalue weighted by atomic mass is 9.82. The Kier molecular flexibility index (Phi) is 5.44. The number of amides is 1. The highest BCUT2D eigenvalue weighted by Crippen LogP contribution is 2.28. The van der Waals surface area contributed by atoms with Crippen LogP contribution in [0.25, 0.3) is 0 Å². The molecular formula is C15H18INO4. The van der Waals surface area contributed by atoms with Crippen LogP contribution in [0.2, 0.25) is 0 Å². The number of rotatable bonds is 4. The number of aliphatic carboxylic acids is 1. The van der Waals surface area contributed by atoms with Crippen molar-refractivity contribution < 1.29 is 19.8 Å². The van der Waals surface area contributed by atoms with E-state index in [1.54, 1.807) is 12.1 Å². The van der Waals surface area contributed by atoms with Crippen molar-refractivity contribution in [2.45, 2.75) is 25.7 Å². The average molecular weight is 403 g/mol. The highest BCUT2D eigenvalue weighted by atomic mass is 127. The molecule has 1 amide bonds. The topological polar surface area (TPSA) is 86.6 Å². The first-order valence-electron chi connectivity index (χ1n) is 6.97. The largest absolute Gasteiger partial charge is 0.507 e. The number of phenolic OH excluding ortho intramolecular Hbond substituents is 1. The van der Waals surface area contributed by atoms with Crippen LogP contribution >= 0.6 is 22.6 Å². The van der Waals surface area contributed by atoms with Crippen molar-refractivity contribution in [2.24, 2.45) is 11.8 Å². The lowest BCUT2D eigenvalue weighted by Gasteiger charge is -2.26. The maximum atomic E-state index is 12.0. The molecule has 0 heterocycles. The van der Waals surface area contributed by atoms with E-state index in [0.29, 0.717) is 34.4 Å². The lowest BCUT2D eigenvalue weighted by molar-refractivity contribution is -0.143. The van der Waals surface area contributed by atoms with Gasteiger partial charge in [0, 0.05) is 12.1 Å². The monoisotopic (exact) mass is 403 g/mol. The van der Waals surface area contributed by atoms with E-state index >= 15 is 0 Å². The number of halogens is 1. The molecule has 0 unspecified atom stereocenters. The summed E-state index contributed by atoms with van der Waals surface area (Å²) in [4.78, 5) is 22.9. The Balaban J connectivity index is 1.82. The predicted octanol–water partition coefficient (Wildman–Crippen LogP) is 2.62. The maximum Gasteiger partial charge on any atom is 0.306 e. The second-order valence-electron chi connectivity index (χ2n) is 5.43. The van der Waals surface area contributed by atoms with Gasteiger partial charge in [0.1, 0.15) is 5.75 Å². The molecule has 0 spiro atoms. The van der Waals surface area contributed by atoms with Gasteiger partial charge in [-0.15, -0.1) is 0 Å². The van der Waals surface area contributed by atoms with Gasteiger partial charge in [-0.25, -0.2) is 0 Å². The molecule has 1 saturated carbocycles. The maximum absolute atomic E-state index is 12.0. The molecule has 0 aromatic heterocycles. The van der Waals surface area contributed by atoms with Crippen molar-refractivity contribution in [2.75, 3.05) is 6.54 Å². The SMILES string of the molecule is O=C(NCC1CCC(C(=O)O)CC1)c1ccc(I)c(O)c1. The predicted molar refractivity (Wildman–Crippen MR) is 86.2 cm³/mol. The van der Waals surface area contributed by atoms with E-state index in [4.69, 9.17) is 5.11 Å². The van der Waals surface area contributed by atoms with E-state index < -0.39 is 5.97 Å². The third-order valence-corrected chi connectivity index (χ3v) is 4.87. The van der Waals surface area contributed by atoms with Crippen LogP contribution in [-0.4, -0.2) is 28.6 Å². The standard InChI is InChI=1S/C15H18INO4/c16-12-6-5-11(7-13(12)18)14(19)17-8-9-1-3-10(4-2-9)15(20)21/h5-7,9-10,18H,1-4,8H2,(H,17,19)(H,20,21). The Hall–Kier alpha value is -1.31. The molecule has 114 valence electrons. The minimum Gasteiger partial charge on any atom is -0.507 e. The van der Waals surface area contributed by atoms with Crippen molar-refractivity contribution in [3.8, 4) is 5.75 Å². The molecule has 1 aromatic rings. The first-order chi connectivity index (χ1) is 9.97. The summed E-state index contributed by atoms with van der Waals surface area (Å²) < 4.78 is 0.705. The summed E-state index contributed by atoms with van der Waals surface area (Å²) in [5, 5.41) is 21.4. The van der Waals surface area contributed by atoms with E-state index in [2.05, 4.69) is 5.32 Å². The Labute approximate surface area is 136 Å². The quantitative estimate of drug-likeness (QED) is 0.675. The fourth-order valence-electron chi connectivity index (χ4n) is 2.61. The molecular weight excluding hydrogens is 385 g/mol. The molecule has 1 fully saturated rings. The van der Waals surface area contributed by atoms with Crippen molar-refractivity contribution in [3.63, 3.8) is 0 Å². The van der Waals surface area contributed by atoms with Crippen LogP contribution in [0.3, 0.4) is 0 Å². The molecule has 6 heteroatoms. The Morgan fingerprint density at radius 1 is 1.24 bits per heavy atom. The molecule has 0 bridgehead atoms. The van der Waals surface area contributed by atoms with Crippen LogP contribution in [0.5, 0.6) is 5.75 Å². The summed E-state index contributed by atoms with van der Waals surface area (Å²) in [5.41, 5.74) is 0.437. The minimum absolute atomic E-state index is 0.102. The Morgan fingerprint density at radius 2 is 1.90 bits per heavy atom. The van der Waals surface area contributed by atoms with Crippen LogP contribution < -0.4 is 5.32 Å². The molecule has 1 aliphatic carbocycles. The Morgan fingerprint density at radius 3 is 2.48 bits per heavy atom. The van der Waals surface area contributed by atoms with Gasteiger partial charge < -0.3 is 15.5 Å². The zero-order valence-corrected chi connectivity index (χ0v) is 13.7. The summed E-state index contributed by atoms with van der Waals surface area (Å²) in [6, 6.07) is 4.83. The summed E-state index contributed by atoms with van der Waals surface area (Å²) in [5.74, 6) is -0.716. The number of benzene rings is 1. The summed E-state index contributed by atoms with van der Waals surface area (Å²) in [6.07, 6.45) is 3.02. The highest BCUT2D eigenvalue weighted by molar-refractivity contribution is 14.1. The zero-order valence-electron chi connectivity index (χ0n) is 11.5. The molecule has 2 rings (SSSR count). The van der Waals surface area contributed by atoms with E-state index in [0.717, 1.165) is 12.8 Å². The molecule has 0 saturated heterocycles. The highest BCUT2D eigenvalue weighted by Gasteiger charge is 2.26. The third kappa shape index (κ3) is 4.33. The smallest absolute Gasteiger partial charge is 0.306 e. The van der Waals surface area contributed by atoms with E-state index in [1.807, 2.05) is 22.6 Å². The summed E-state index contributed by atoms with van der Waals surface area (Å²) >= 11 is 2.00. The lowest BCUT2D eigenvalue weighted by Crippen LogP contribution is -2.32. The van der Waals surface area contributed by atoms with Crippen LogP contribution in [0.1, 0.15) is 36.0 Å². The van der Waals surface area contributed by atoms with Crippen molar-refractivity contribution in [3.05, 3.63) is 27.3 Å². The van der Waals surface area contributed by atoms with Gasteiger partial charge in [-0.05, 0) is 72.4 Å². The normalized spacial score (nSPS) is 21.8. The van der Waals surface area contributed by atoms with E-state index in [-0.39, 0.29) is 17.6 Å². The zero-order chi connectivity index (χ0) is 15.4. The number of carbonyl (C=O) groups is 2. The van der Waals surface area contributed by atoms with Gasteiger partial charge in [-0.2, -0.15) is 0 Å². The number of aromatic hydroxyl groups is 1. The molecule has 3 N–H and O–H groups in total. The van der Waals surface area contributed by atoms with E-state index in [1.165, 1.54) is 6.07 Å². The number of hydrogen-bond donors (Lipinski definition) is 3. The van der Waals surface area contributed by atoms with Crippen LogP contribution in [0.4, 0.5) is 0 Å². The van der Waals surface area contributed by atoms with Gasteiger partial charge in [0.2, 0.25) is 0 Å². The van der Waals surface area contributed by atoms with Gasteiger partial charge in [0.25, 0.3) is 5.91 Å². The molecule has 21 heavy (non-hydrogen) atoms. The van der Waals surface area contributed by atoms with Crippen LogP contribution in [-0.2, 0) is 4.79 Å². The molecule has 0 radical (unpaired) electrons. The summed E-state index contributed by atoms with van der Waals surface area (Å²) in [6.45, 7) is 0.553. The third-order valence-electron chi connectivity index (χ3n) is 3.96. The van der Waals surface area contributed by atoms with Gasteiger partial charge in [0.15, 0.2) is 0 Å². The van der Waals surface area contributed by atoms with Crippen molar-refractivity contribution in [1.82, 2.24) is 5.32 Å². The van der Waals surface area contributed by atoms with Gasteiger partial charge >= 0.3 is 5.97 Å². The number of carboxylic acid groups (broad SMARTS) is 1. The number of phenols is 1. The fourth-order valence-corrected chi connectivity index (χ4v) is 2.94. The number of hydrogen-bond acceptors (Lipinski definition) is 3. The van der Waals surface area contributed by atoms with Gasteiger partial charge in [-0.3, -0.25) is 9.59 Å². The first-order valence-corrected chi connectivity index (χ1v) is 8.04. The molecule has 1 aliphatic rings. The van der Waals surface area contributed by atoms with Crippen molar-refractivity contribution >= 4 is 34.5 Å². The number of carboxylic acids is 1. The second kappa shape index (κ2) is 7.11. The van der Waals surface area contributed by atoms with Gasteiger partial charge in [-0.1, -0.05) is 0 Å². The number of carbonyl (C=O) groups excluding carboxylic acids is 1. The first kappa shape index (κ1) is 16.1. The minimum atomic E-state index is -0.716. The average Bonchev–Trinajstić information content (AvgIpc) is 2.48. The molecule has 1 aromatic carbocycles. The second-order valence-corrected chi connectivity index (χ2v) is 6.59. The molecule has 0 aliphatic heterocycles. The number of nitrogens with one attached hydrogen (secondary N) is 1. The fraction of sp³-hybridized carbons (Fsp3) is 0.467. The van der Waals surface area contributed by atoms with E-state index in [9.17, 15) is 14.7 Å². The molecule has 5 nitrogen and oxygen atoms in total. The summed E-state index contributed by atoms with van der Waals surface area (Å²) in [7, 11) is 0. The molecule has 0 atom stereocenters. The van der Waals surface area contributed by atoms with Gasteiger partial charge in [0.05, 0.1) is 9.49 Å². The Bertz CT molecular complexity index is 538. The van der Waals surface area contributed by atoms with Crippen LogP contribution in [0.15, 0.2) is 18.2 Å².